The van der Waals surface area contributed by atoms with Crippen LogP contribution in [0.4, 0.5) is 5.69 Å². The molecule has 1 N–H and O–H groups in total. The molecule has 0 saturated heterocycles. The molecule has 0 atom stereocenters. The van der Waals surface area contributed by atoms with E-state index in [0.29, 0.717) is 28.0 Å². The summed E-state index contributed by atoms with van der Waals surface area (Å²) in [5.41, 5.74) is 3.27. The Balaban J connectivity index is 1.68. The van der Waals surface area contributed by atoms with Gasteiger partial charge in [0.1, 0.15) is 5.03 Å². The summed E-state index contributed by atoms with van der Waals surface area (Å²) in [5, 5.41) is 12.1. The van der Waals surface area contributed by atoms with Crippen LogP contribution in [0.5, 0.6) is 17.2 Å². The van der Waals surface area contributed by atoms with Crippen LogP contribution in [0.3, 0.4) is 0 Å². The van der Waals surface area contributed by atoms with Gasteiger partial charge in [0.15, 0.2) is 11.5 Å². The van der Waals surface area contributed by atoms with E-state index in [1.54, 1.807) is 21.3 Å². The Morgan fingerprint density at radius 2 is 1.67 bits per heavy atom. The number of nitrogens with zero attached hydrogens (tertiary/aromatic N) is 2. The number of methoxy groups -OCH3 is 3. The summed E-state index contributed by atoms with van der Waals surface area (Å²) in [4.78, 5) is 12.2. The second-order valence-electron chi connectivity index (χ2n) is 6.32. The van der Waals surface area contributed by atoms with E-state index in [0.717, 1.165) is 16.8 Å². The van der Waals surface area contributed by atoms with Crippen LogP contribution in [0.15, 0.2) is 53.6 Å². The molecule has 156 valence electrons. The first kappa shape index (κ1) is 21.4. The molecular weight excluding hydrogens is 402 g/mol. The monoisotopic (exact) mass is 425 g/mol. The predicted octanol–water partition coefficient (Wildman–Crippen LogP) is 4.21. The van der Waals surface area contributed by atoms with E-state index >= 15 is 0 Å². The zero-order chi connectivity index (χ0) is 21.5. The fraction of sp³-hybridized carbons (Fsp3) is 0.227. The van der Waals surface area contributed by atoms with Gasteiger partial charge in [0.25, 0.3) is 0 Å². The molecule has 0 spiro atoms. The fourth-order valence-corrected chi connectivity index (χ4v) is 3.43. The summed E-state index contributed by atoms with van der Waals surface area (Å²) in [5.74, 6) is 1.75. The molecule has 1 aromatic heterocycles. The standard InChI is InChI=1S/C22H23N3O4S/c1-14-7-5-6-8-16(14)23-20(26)13-30-21-10-9-17(24-25-21)15-11-18(27-2)22(29-4)19(12-15)28-3/h5-12H,13H2,1-4H3,(H,23,26). The van der Waals surface area contributed by atoms with Crippen LogP contribution in [0.1, 0.15) is 5.56 Å². The average Bonchev–Trinajstić information content (AvgIpc) is 2.78. The zero-order valence-electron chi connectivity index (χ0n) is 17.3. The van der Waals surface area contributed by atoms with E-state index in [2.05, 4.69) is 15.5 Å². The maximum atomic E-state index is 12.2. The zero-order valence-corrected chi connectivity index (χ0v) is 18.1. The number of aryl methyl sites for hydroxylation is 1. The number of amides is 1. The Kier molecular flexibility index (Phi) is 7.13. The van der Waals surface area contributed by atoms with E-state index in [-0.39, 0.29) is 11.7 Å². The highest BCUT2D eigenvalue weighted by Crippen LogP contribution is 2.40. The lowest BCUT2D eigenvalue weighted by Gasteiger charge is -2.13. The van der Waals surface area contributed by atoms with Gasteiger partial charge in [-0.3, -0.25) is 4.79 Å². The van der Waals surface area contributed by atoms with Gasteiger partial charge in [-0.2, -0.15) is 0 Å². The topological polar surface area (TPSA) is 82.6 Å². The summed E-state index contributed by atoms with van der Waals surface area (Å²) in [6, 6.07) is 15.0. The maximum absolute atomic E-state index is 12.2. The van der Waals surface area contributed by atoms with E-state index in [9.17, 15) is 4.79 Å². The largest absolute Gasteiger partial charge is 0.493 e. The van der Waals surface area contributed by atoms with Crippen LogP contribution < -0.4 is 19.5 Å². The van der Waals surface area contributed by atoms with Crippen molar-refractivity contribution in [2.45, 2.75) is 11.9 Å². The lowest BCUT2D eigenvalue weighted by atomic mass is 10.1. The summed E-state index contributed by atoms with van der Waals surface area (Å²) >= 11 is 1.32. The number of para-hydroxylation sites is 1. The van der Waals surface area contributed by atoms with Gasteiger partial charge in [-0.15, -0.1) is 10.2 Å². The van der Waals surface area contributed by atoms with Crippen molar-refractivity contribution in [2.24, 2.45) is 0 Å². The van der Waals surface area contributed by atoms with E-state index in [4.69, 9.17) is 14.2 Å². The highest BCUT2D eigenvalue weighted by atomic mass is 32.2. The van der Waals surface area contributed by atoms with Gasteiger partial charge in [0.2, 0.25) is 11.7 Å². The van der Waals surface area contributed by atoms with Crippen molar-refractivity contribution in [3.8, 4) is 28.5 Å². The first-order valence-electron chi connectivity index (χ1n) is 9.18. The number of rotatable bonds is 8. The number of aromatic nitrogens is 2. The van der Waals surface area contributed by atoms with Crippen molar-refractivity contribution in [1.82, 2.24) is 10.2 Å². The molecule has 0 saturated carbocycles. The molecule has 1 heterocycles. The predicted molar refractivity (Wildman–Crippen MR) is 118 cm³/mol. The molecular formula is C22H23N3O4S. The summed E-state index contributed by atoms with van der Waals surface area (Å²) in [6.07, 6.45) is 0. The van der Waals surface area contributed by atoms with Gasteiger partial charge in [-0.25, -0.2) is 0 Å². The minimum Gasteiger partial charge on any atom is -0.493 e. The van der Waals surface area contributed by atoms with Gasteiger partial charge in [0.05, 0.1) is 32.8 Å². The fourth-order valence-electron chi connectivity index (χ4n) is 2.82. The molecule has 3 aromatic rings. The van der Waals surface area contributed by atoms with Crippen LogP contribution in [0, 0.1) is 6.92 Å². The molecule has 2 aromatic carbocycles. The molecule has 0 bridgehead atoms. The van der Waals surface area contributed by atoms with Crippen molar-refractivity contribution >= 4 is 23.4 Å². The Bertz CT molecular complexity index is 1000. The Labute approximate surface area is 179 Å². The Morgan fingerprint density at radius 1 is 0.967 bits per heavy atom. The number of carbonyl (C=O) groups is 1. The first-order chi connectivity index (χ1) is 14.5. The third-order valence-corrected chi connectivity index (χ3v) is 5.29. The van der Waals surface area contributed by atoms with E-state index in [1.807, 2.05) is 55.5 Å². The van der Waals surface area contributed by atoms with E-state index in [1.165, 1.54) is 11.8 Å². The molecule has 8 heteroatoms. The molecule has 3 rings (SSSR count). The van der Waals surface area contributed by atoms with Crippen LogP contribution >= 0.6 is 11.8 Å². The molecule has 0 aliphatic rings. The van der Waals surface area contributed by atoms with Gasteiger partial charge < -0.3 is 19.5 Å². The van der Waals surface area contributed by atoms with Gasteiger partial charge in [0, 0.05) is 11.3 Å². The number of anilines is 1. The SMILES string of the molecule is COc1cc(-c2ccc(SCC(=O)Nc3ccccc3C)nn2)cc(OC)c1OC. The number of carbonyl (C=O) groups excluding carboxylic acids is 1. The summed E-state index contributed by atoms with van der Waals surface area (Å²) in [6.45, 7) is 1.95. The molecule has 0 aliphatic carbocycles. The normalized spacial score (nSPS) is 10.4. The Morgan fingerprint density at radius 3 is 2.23 bits per heavy atom. The summed E-state index contributed by atoms with van der Waals surface area (Å²) < 4.78 is 16.1. The highest BCUT2D eigenvalue weighted by molar-refractivity contribution is 7.99. The minimum absolute atomic E-state index is 0.0928. The van der Waals surface area contributed by atoms with Gasteiger partial charge in [-0.1, -0.05) is 30.0 Å². The van der Waals surface area contributed by atoms with E-state index < -0.39 is 0 Å². The van der Waals surface area contributed by atoms with Crippen molar-refractivity contribution in [1.29, 1.82) is 0 Å². The van der Waals surface area contributed by atoms with Gasteiger partial charge in [-0.05, 0) is 42.8 Å². The molecule has 1 amide bonds. The van der Waals surface area contributed by atoms with Crippen LogP contribution in [0.25, 0.3) is 11.3 Å². The number of ether oxygens (including phenoxy) is 3. The average molecular weight is 426 g/mol. The lowest BCUT2D eigenvalue weighted by Crippen LogP contribution is -2.14. The van der Waals surface area contributed by atoms with Gasteiger partial charge >= 0.3 is 0 Å². The lowest BCUT2D eigenvalue weighted by molar-refractivity contribution is -0.113. The third-order valence-electron chi connectivity index (χ3n) is 4.37. The third kappa shape index (κ3) is 5.01. The van der Waals surface area contributed by atoms with Crippen LogP contribution in [-0.2, 0) is 4.79 Å². The minimum atomic E-state index is -0.0928. The number of thioether (sulfide) groups is 1. The number of hydrogen-bond donors (Lipinski definition) is 1. The molecule has 7 nitrogen and oxygen atoms in total. The Hall–Kier alpha value is -3.26. The first-order valence-corrected chi connectivity index (χ1v) is 10.2. The van der Waals surface area contributed by atoms with Crippen molar-refractivity contribution in [2.75, 3.05) is 32.4 Å². The molecule has 0 aliphatic heterocycles. The van der Waals surface area contributed by atoms with Crippen molar-refractivity contribution in [3.05, 3.63) is 54.1 Å². The second-order valence-corrected chi connectivity index (χ2v) is 7.32. The molecule has 0 unspecified atom stereocenters. The van der Waals surface area contributed by atoms with Crippen LogP contribution in [-0.4, -0.2) is 43.2 Å². The number of nitrogens with one attached hydrogen (secondary N) is 1. The molecule has 0 radical (unpaired) electrons. The second kappa shape index (κ2) is 9.98. The molecule has 0 fully saturated rings. The maximum Gasteiger partial charge on any atom is 0.234 e. The van der Waals surface area contributed by atoms with Crippen molar-refractivity contribution in [3.63, 3.8) is 0 Å². The molecule has 30 heavy (non-hydrogen) atoms. The highest BCUT2D eigenvalue weighted by Gasteiger charge is 2.15. The quantitative estimate of drug-likeness (QED) is 0.541. The number of benzene rings is 2. The number of hydrogen-bond acceptors (Lipinski definition) is 7. The van der Waals surface area contributed by atoms with Crippen molar-refractivity contribution < 1.29 is 19.0 Å². The smallest absolute Gasteiger partial charge is 0.234 e. The van der Waals surface area contributed by atoms with Crippen LogP contribution in [0.2, 0.25) is 0 Å². The summed E-state index contributed by atoms with van der Waals surface area (Å²) in [7, 11) is 4.68.